The van der Waals surface area contributed by atoms with E-state index in [9.17, 15) is 13.2 Å². The van der Waals surface area contributed by atoms with Gasteiger partial charge in [0.25, 0.3) is 15.9 Å². The first-order valence-electron chi connectivity index (χ1n) is 9.51. The van der Waals surface area contributed by atoms with Crippen LogP contribution >= 0.6 is 11.3 Å². The predicted molar refractivity (Wildman–Crippen MR) is 110 cm³/mol. The molecule has 1 aromatic heterocycles. The first-order valence-corrected chi connectivity index (χ1v) is 12.0. The molecular weight excluding hydrogens is 396 g/mol. The van der Waals surface area contributed by atoms with Crippen LogP contribution < -0.4 is 5.32 Å². The number of carbonyl (C=O) groups is 1. The molecule has 1 saturated heterocycles. The van der Waals surface area contributed by atoms with Gasteiger partial charge in [0.15, 0.2) is 0 Å². The third kappa shape index (κ3) is 4.71. The average Bonchev–Trinajstić information content (AvgIpc) is 3.18. The second-order valence-corrected chi connectivity index (χ2v) is 10.2. The van der Waals surface area contributed by atoms with Crippen molar-refractivity contribution in [3.05, 3.63) is 46.3 Å². The van der Waals surface area contributed by atoms with E-state index in [-0.39, 0.29) is 11.7 Å². The molecule has 0 aromatic carbocycles. The van der Waals surface area contributed by atoms with Gasteiger partial charge in [-0.05, 0) is 48.9 Å². The first-order chi connectivity index (χ1) is 13.5. The molecular formula is C19H24N4O3S2. The molecule has 4 rings (SSSR count). The highest BCUT2D eigenvalue weighted by molar-refractivity contribution is 7.90. The van der Waals surface area contributed by atoms with Crippen molar-refractivity contribution in [2.24, 2.45) is 10.3 Å². The Kier molecular flexibility index (Phi) is 5.65. The van der Waals surface area contributed by atoms with E-state index in [2.05, 4.69) is 32.1 Å². The molecule has 4 heterocycles. The van der Waals surface area contributed by atoms with Crippen LogP contribution in [0.2, 0.25) is 0 Å². The third-order valence-corrected chi connectivity index (χ3v) is 7.22. The Bertz CT molecular complexity index is 919. The normalized spacial score (nSPS) is 24.3. The maximum absolute atomic E-state index is 12.6. The smallest absolute Gasteiger partial charge is 0.256 e. The molecule has 0 spiro atoms. The summed E-state index contributed by atoms with van der Waals surface area (Å²) in [6.07, 6.45) is 7.19. The van der Waals surface area contributed by atoms with Crippen molar-refractivity contribution in [2.75, 3.05) is 31.9 Å². The lowest BCUT2D eigenvalue weighted by Gasteiger charge is -2.32. The number of rotatable bonds is 5. The molecule has 1 unspecified atom stereocenters. The Morgan fingerprint density at radius 3 is 3.04 bits per heavy atom. The minimum absolute atomic E-state index is 0.0299. The maximum Gasteiger partial charge on any atom is 0.256 e. The van der Waals surface area contributed by atoms with E-state index in [1.54, 1.807) is 34.6 Å². The van der Waals surface area contributed by atoms with Gasteiger partial charge in [-0.2, -0.15) is 0 Å². The van der Waals surface area contributed by atoms with Crippen LogP contribution in [-0.2, 0) is 21.4 Å². The van der Waals surface area contributed by atoms with E-state index in [1.165, 1.54) is 4.88 Å². The molecule has 3 aliphatic rings. The summed E-state index contributed by atoms with van der Waals surface area (Å²) < 4.78 is 26.9. The number of nitrogens with one attached hydrogen (secondary N) is 1. The van der Waals surface area contributed by atoms with Crippen molar-refractivity contribution in [2.45, 2.75) is 19.4 Å². The summed E-state index contributed by atoms with van der Waals surface area (Å²) in [5, 5.41) is 5.15. The van der Waals surface area contributed by atoms with Crippen molar-refractivity contribution in [3.63, 3.8) is 0 Å². The second-order valence-electron chi connectivity index (χ2n) is 7.38. The first kappa shape index (κ1) is 19.4. The second kappa shape index (κ2) is 8.18. The third-order valence-electron chi connectivity index (χ3n) is 5.20. The van der Waals surface area contributed by atoms with Crippen LogP contribution in [0.1, 0.15) is 17.7 Å². The molecule has 0 radical (unpaired) electrons. The van der Waals surface area contributed by atoms with E-state index >= 15 is 0 Å². The quantitative estimate of drug-likeness (QED) is 0.782. The molecule has 1 amide bonds. The maximum atomic E-state index is 12.6. The lowest BCUT2D eigenvalue weighted by Crippen LogP contribution is -2.41. The average molecular weight is 421 g/mol. The number of piperidine rings is 1. The molecule has 0 saturated carbocycles. The number of hydrogen-bond donors (Lipinski definition) is 1. The lowest BCUT2D eigenvalue weighted by molar-refractivity contribution is -0.117. The Balaban J connectivity index is 1.30. The topological polar surface area (TPSA) is 82.1 Å². The van der Waals surface area contributed by atoms with Gasteiger partial charge in [-0.1, -0.05) is 6.07 Å². The SMILES string of the molecule is O=C(NCC1CCCN(Cc2cccs2)C1)C1=CN2CCS(=O)(=O)N=C2C=C1. The molecule has 7 nitrogen and oxygen atoms in total. The fraction of sp³-hybridized carbons (Fsp3) is 0.474. The fourth-order valence-corrected chi connectivity index (χ4v) is 5.47. The number of likely N-dealkylation sites (tertiary alicyclic amines) is 1. The number of amidine groups is 1. The van der Waals surface area contributed by atoms with Crippen molar-refractivity contribution in [3.8, 4) is 0 Å². The molecule has 1 aromatic rings. The fourth-order valence-electron chi connectivity index (χ4n) is 3.76. The van der Waals surface area contributed by atoms with Gasteiger partial charge in [0.1, 0.15) is 5.84 Å². The van der Waals surface area contributed by atoms with Crippen LogP contribution in [-0.4, -0.2) is 61.9 Å². The molecule has 3 aliphatic heterocycles. The largest absolute Gasteiger partial charge is 0.352 e. The van der Waals surface area contributed by atoms with Crippen LogP contribution in [0.3, 0.4) is 0 Å². The summed E-state index contributed by atoms with van der Waals surface area (Å²) in [7, 11) is -3.38. The zero-order valence-electron chi connectivity index (χ0n) is 15.6. The number of hydrogen-bond acceptors (Lipinski definition) is 6. The Morgan fingerprint density at radius 2 is 2.21 bits per heavy atom. The van der Waals surface area contributed by atoms with Crippen LogP contribution in [0.15, 0.2) is 45.8 Å². The van der Waals surface area contributed by atoms with E-state index in [0.29, 0.717) is 30.4 Å². The van der Waals surface area contributed by atoms with Gasteiger partial charge in [-0.15, -0.1) is 15.7 Å². The van der Waals surface area contributed by atoms with Crippen molar-refractivity contribution in [1.29, 1.82) is 0 Å². The summed E-state index contributed by atoms with van der Waals surface area (Å²) in [5.74, 6) is 0.666. The van der Waals surface area contributed by atoms with Gasteiger partial charge in [0.2, 0.25) is 0 Å². The summed E-state index contributed by atoms with van der Waals surface area (Å²) in [4.78, 5) is 18.1. The monoisotopic (exact) mass is 420 g/mol. The number of sulfonamides is 1. The summed E-state index contributed by atoms with van der Waals surface area (Å²) in [5.41, 5.74) is 0.532. The van der Waals surface area contributed by atoms with Crippen LogP contribution in [0.4, 0.5) is 0 Å². The number of nitrogens with zero attached hydrogens (tertiary/aromatic N) is 3. The highest BCUT2D eigenvalue weighted by Crippen LogP contribution is 2.20. The number of amides is 1. The highest BCUT2D eigenvalue weighted by Gasteiger charge is 2.26. The van der Waals surface area contributed by atoms with Gasteiger partial charge in [0.05, 0.1) is 11.3 Å². The number of thiophene rings is 1. The molecule has 1 atom stereocenters. The molecule has 28 heavy (non-hydrogen) atoms. The lowest BCUT2D eigenvalue weighted by atomic mass is 9.97. The summed E-state index contributed by atoms with van der Waals surface area (Å²) >= 11 is 1.79. The zero-order valence-corrected chi connectivity index (χ0v) is 17.2. The van der Waals surface area contributed by atoms with E-state index < -0.39 is 10.0 Å². The van der Waals surface area contributed by atoms with Gasteiger partial charge >= 0.3 is 0 Å². The van der Waals surface area contributed by atoms with Gasteiger partial charge in [-0.3, -0.25) is 9.69 Å². The number of carbonyl (C=O) groups excluding carboxylic acids is 1. The van der Waals surface area contributed by atoms with E-state index in [4.69, 9.17) is 0 Å². The van der Waals surface area contributed by atoms with Crippen molar-refractivity contribution < 1.29 is 13.2 Å². The van der Waals surface area contributed by atoms with Crippen molar-refractivity contribution >= 4 is 33.1 Å². The predicted octanol–water partition coefficient (Wildman–Crippen LogP) is 1.57. The van der Waals surface area contributed by atoms with Gasteiger partial charge in [-0.25, -0.2) is 8.42 Å². The Hall–Kier alpha value is -1.97. The van der Waals surface area contributed by atoms with Crippen LogP contribution in [0, 0.1) is 5.92 Å². The molecule has 1 N–H and O–H groups in total. The molecule has 150 valence electrons. The summed E-state index contributed by atoms with van der Waals surface area (Å²) in [6.45, 7) is 4.06. The molecule has 1 fully saturated rings. The minimum Gasteiger partial charge on any atom is -0.352 e. The van der Waals surface area contributed by atoms with Gasteiger partial charge in [0, 0.05) is 37.3 Å². The molecule has 9 heteroatoms. The Morgan fingerprint density at radius 1 is 1.32 bits per heavy atom. The molecule has 0 aliphatic carbocycles. The van der Waals surface area contributed by atoms with Crippen LogP contribution in [0.25, 0.3) is 0 Å². The van der Waals surface area contributed by atoms with E-state index in [0.717, 1.165) is 32.5 Å². The van der Waals surface area contributed by atoms with Gasteiger partial charge < -0.3 is 10.2 Å². The number of fused-ring (bicyclic) bond motifs is 1. The standard InChI is InChI=1S/C19H24N4O3S2/c24-19(16-5-6-18-21-28(25,26)10-8-23(18)13-16)20-11-15-3-1-7-22(12-15)14-17-4-2-9-27-17/h2,4-6,9,13,15H,1,3,7-8,10-12,14H2,(H,20,24). The zero-order chi connectivity index (χ0) is 19.6. The summed E-state index contributed by atoms with van der Waals surface area (Å²) in [6, 6.07) is 4.25. The molecule has 0 bridgehead atoms. The highest BCUT2D eigenvalue weighted by atomic mass is 32.2. The van der Waals surface area contributed by atoms with Crippen molar-refractivity contribution in [1.82, 2.24) is 15.1 Å². The minimum atomic E-state index is -3.38. The Labute approximate surface area is 169 Å². The van der Waals surface area contributed by atoms with Crippen LogP contribution in [0.5, 0.6) is 0 Å². The van der Waals surface area contributed by atoms with E-state index in [1.807, 2.05) is 0 Å².